The highest BCUT2D eigenvalue weighted by atomic mass is 35.5. The molecule has 2 aliphatic heterocycles. The van der Waals surface area contributed by atoms with E-state index in [0.717, 1.165) is 64.2 Å². The average molecular weight is 870 g/mol. The summed E-state index contributed by atoms with van der Waals surface area (Å²) in [5.41, 5.74) is 0.964. The smallest absolute Gasteiger partial charge is 0.229 e. The number of halogens is 3. The molecule has 2 saturated heterocycles. The molecule has 2 heterocycles. The molecule has 0 amide bonds. The fourth-order valence-corrected chi connectivity index (χ4v) is 9.06. The van der Waals surface area contributed by atoms with E-state index in [1.54, 1.807) is 6.92 Å². The number of rotatable bonds is 28. The molecule has 0 spiro atoms. The van der Waals surface area contributed by atoms with Gasteiger partial charge in [-0.25, -0.2) is 0 Å². The minimum atomic E-state index is -1.62. The van der Waals surface area contributed by atoms with E-state index < -0.39 is 55.1 Å². The Labute approximate surface area is 357 Å². The summed E-state index contributed by atoms with van der Waals surface area (Å²) in [5.74, 6) is -0.155. The lowest BCUT2D eigenvalue weighted by atomic mass is 9.86. The van der Waals surface area contributed by atoms with Crippen LogP contribution in [0.5, 0.6) is 11.5 Å². The second-order valence-electron chi connectivity index (χ2n) is 16.6. The summed E-state index contributed by atoms with van der Waals surface area (Å²) in [7, 11) is 0. The molecule has 0 bridgehead atoms. The Hall–Kier alpha value is -0.630. The molecule has 10 nitrogen and oxygen atoms in total. The van der Waals surface area contributed by atoms with Crippen LogP contribution in [0.1, 0.15) is 178 Å². The largest absolute Gasteiger partial charge is 0.507 e. The molecule has 2 unspecified atom stereocenters. The van der Waals surface area contributed by atoms with Gasteiger partial charge < -0.3 is 50.0 Å². The highest BCUT2D eigenvalue weighted by Crippen LogP contribution is 2.49. The number of aliphatic hydroxyl groups is 6. The zero-order chi connectivity index (χ0) is 41.9. The first-order chi connectivity index (χ1) is 27.3. The summed E-state index contributed by atoms with van der Waals surface area (Å²) in [6, 6.07) is 0. The third-order valence-corrected chi connectivity index (χ3v) is 13.1. The highest BCUT2D eigenvalue weighted by molar-refractivity contribution is 6.33. The Morgan fingerprint density at radius 3 is 1.63 bits per heavy atom. The first-order valence-electron chi connectivity index (χ1n) is 22.2. The number of phenols is 1. The number of benzene rings is 1. The van der Waals surface area contributed by atoms with Gasteiger partial charge in [-0.2, -0.15) is 0 Å². The van der Waals surface area contributed by atoms with Crippen LogP contribution in [-0.4, -0.2) is 102 Å². The Bertz CT molecular complexity index is 1260. The van der Waals surface area contributed by atoms with Crippen molar-refractivity contribution in [3.8, 4) is 11.5 Å². The predicted octanol–water partition coefficient (Wildman–Crippen LogP) is 8.94. The maximum atomic E-state index is 12.2. The standard InChI is InChI=1S/C44H75Cl3O10/c1-4-6-8-10-11-12-16-22-30(46)23-17-13-19-25-31-34(43-40(53)38(51)33(48)27-55-43)37(50)32(26-20-14-18-24-29(45)21-15-9-7-5-2)42(35(31)47)57-44-41(54)39(52)36(49)28(3)56-44/h28-30,33,36,38-41,43-44,48-54H,4-27H2,1-3H3/t28-,29?,30?,33+,36-,38-,39+,40+,41+,43-,44-/m0/s1. The number of hydrogen-bond acceptors (Lipinski definition) is 10. The van der Waals surface area contributed by atoms with Crippen LogP contribution in [0.4, 0.5) is 0 Å². The monoisotopic (exact) mass is 868 g/mol. The van der Waals surface area contributed by atoms with Crippen molar-refractivity contribution in [3.63, 3.8) is 0 Å². The van der Waals surface area contributed by atoms with Crippen LogP contribution in [0.15, 0.2) is 0 Å². The molecule has 1 aromatic carbocycles. The van der Waals surface area contributed by atoms with Crippen molar-refractivity contribution in [2.45, 2.75) is 234 Å². The molecule has 332 valence electrons. The van der Waals surface area contributed by atoms with Crippen LogP contribution >= 0.6 is 34.8 Å². The Balaban J connectivity index is 1.83. The van der Waals surface area contributed by atoms with Crippen molar-refractivity contribution in [1.82, 2.24) is 0 Å². The van der Waals surface area contributed by atoms with Crippen molar-refractivity contribution in [2.24, 2.45) is 0 Å². The molecular weight excluding hydrogens is 795 g/mol. The number of ether oxygens (including phenoxy) is 3. The highest BCUT2D eigenvalue weighted by Gasteiger charge is 2.45. The molecule has 0 aromatic heterocycles. The zero-order valence-corrected chi connectivity index (χ0v) is 37.1. The molecule has 0 saturated carbocycles. The lowest BCUT2D eigenvalue weighted by Crippen LogP contribution is -2.58. The molecule has 2 fully saturated rings. The van der Waals surface area contributed by atoms with Crippen molar-refractivity contribution in [2.75, 3.05) is 6.61 Å². The van der Waals surface area contributed by atoms with E-state index in [4.69, 9.17) is 49.0 Å². The minimum absolute atomic E-state index is 0.0697. The number of phenolic OH excluding ortho intramolecular Hbond substituents is 1. The van der Waals surface area contributed by atoms with Crippen molar-refractivity contribution < 1.29 is 50.0 Å². The van der Waals surface area contributed by atoms with Gasteiger partial charge in [0.25, 0.3) is 0 Å². The van der Waals surface area contributed by atoms with Crippen LogP contribution in [0.3, 0.4) is 0 Å². The molecule has 57 heavy (non-hydrogen) atoms. The Morgan fingerprint density at radius 2 is 1.09 bits per heavy atom. The van der Waals surface area contributed by atoms with E-state index in [9.17, 15) is 35.7 Å². The summed E-state index contributed by atoms with van der Waals surface area (Å²) < 4.78 is 18.0. The van der Waals surface area contributed by atoms with Crippen LogP contribution < -0.4 is 4.74 Å². The first kappa shape index (κ1) is 50.7. The van der Waals surface area contributed by atoms with Crippen LogP contribution in [-0.2, 0) is 22.3 Å². The van der Waals surface area contributed by atoms with Gasteiger partial charge in [0.05, 0.1) is 17.7 Å². The summed E-state index contributed by atoms with van der Waals surface area (Å²) in [5, 5.41) is 76.4. The van der Waals surface area contributed by atoms with Crippen LogP contribution in [0.25, 0.3) is 0 Å². The van der Waals surface area contributed by atoms with Gasteiger partial charge in [0, 0.05) is 21.9 Å². The van der Waals surface area contributed by atoms with Crippen LogP contribution in [0, 0.1) is 0 Å². The molecule has 1 aromatic rings. The van der Waals surface area contributed by atoms with Gasteiger partial charge in [0.1, 0.15) is 54.2 Å². The summed E-state index contributed by atoms with van der Waals surface area (Å²) in [6.45, 7) is 5.70. The number of aromatic hydroxyl groups is 1. The van der Waals surface area contributed by atoms with Gasteiger partial charge in [0.15, 0.2) is 0 Å². The summed E-state index contributed by atoms with van der Waals surface area (Å²) >= 11 is 20.6. The molecule has 3 rings (SSSR count). The number of hydrogen-bond donors (Lipinski definition) is 7. The third-order valence-electron chi connectivity index (χ3n) is 11.8. The molecule has 0 aliphatic carbocycles. The van der Waals surface area contributed by atoms with E-state index in [1.807, 2.05) is 0 Å². The normalized spacial score (nSPS) is 27.8. The van der Waals surface area contributed by atoms with E-state index >= 15 is 0 Å². The van der Waals surface area contributed by atoms with Gasteiger partial charge in [-0.15, -0.1) is 23.2 Å². The van der Waals surface area contributed by atoms with Crippen LogP contribution in [0.2, 0.25) is 5.02 Å². The zero-order valence-electron chi connectivity index (χ0n) is 34.8. The molecule has 2 aliphatic rings. The molecule has 13 heteroatoms. The van der Waals surface area contributed by atoms with Gasteiger partial charge in [-0.1, -0.05) is 122 Å². The van der Waals surface area contributed by atoms with Crippen molar-refractivity contribution in [1.29, 1.82) is 0 Å². The maximum Gasteiger partial charge on any atom is 0.229 e. The van der Waals surface area contributed by atoms with Crippen molar-refractivity contribution >= 4 is 34.8 Å². The van der Waals surface area contributed by atoms with Gasteiger partial charge in [-0.3, -0.25) is 0 Å². The van der Waals surface area contributed by atoms with E-state index in [-0.39, 0.29) is 39.4 Å². The number of unbranched alkanes of at least 4 members (excludes halogenated alkanes) is 13. The third kappa shape index (κ3) is 16.0. The lowest BCUT2D eigenvalue weighted by molar-refractivity contribution is -0.268. The quantitative estimate of drug-likeness (QED) is 0.0319. The molecule has 11 atom stereocenters. The van der Waals surface area contributed by atoms with E-state index in [2.05, 4.69) is 13.8 Å². The Morgan fingerprint density at radius 1 is 0.614 bits per heavy atom. The molecule has 7 N–H and O–H groups in total. The Kier molecular flexibility index (Phi) is 24.3. The molecular formula is C44H75Cl3O10. The number of aliphatic hydroxyl groups excluding tert-OH is 6. The topological polar surface area (TPSA) is 169 Å². The minimum Gasteiger partial charge on any atom is -0.507 e. The second kappa shape index (κ2) is 27.3. The maximum absolute atomic E-state index is 12.2. The summed E-state index contributed by atoms with van der Waals surface area (Å²) in [4.78, 5) is 0. The van der Waals surface area contributed by atoms with Gasteiger partial charge in [0.2, 0.25) is 6.29 Å². The fraction of sp³-hybridized carbons (Fsp3) is 0.864. The lowest BCUT2D eigenvalue weighted by Gasteiger charge is -2.40. The van der Waals surface area contributed by atoms with E-state index in [0.29, 0.717) is 36.8 Å². The predicted molar refractivity (Wildman–Crippen MR) is 228 cm³/mol. The number of alkyl halides is 2. The summed E-state index contributed by atoms with van der Waals surface area (Å²) in [6.07, 6.45) is 9.99. The van der Waals surface area contributed by atoms with E-state index in [1.165, 1.54) is 57.8 Å². The van der Waals surface area contributed by atoms with Gasteiger partial charge >= 0.3 is 0 Å². The fourth-order valence-electron chi connectivity index (χ4n) is 8.09. The average Bonchev–Trinajstić information content (AvgIpc) is 3.19. The SMILES string of the molecule is CCCCCCCCCC(Cl)CCCCCc1c(Cl)c(O[C@@H]2O[C@@H](C)[C@H](O)[C@@H](O)[C@H]2O)c(CCCCCC(Cl)CCCCCC)c(O)c1[C@@H]1OC[C@@H](O)[C@H](O)[C@H]1O. The van der Waals surface area contributed by atoms with Crippen molar-refractivity contribution in [3.05, 3.63) is 21.7 Å². The second-order valence-corrected chi connectivity index (χ2v) is 18.2. The molecule has 0 radical (unpaired) electrons. The first-order valence-corrected chi connectivity index (χ1v) is 23.4. The van der Waals surface area contributed by atoms with Gasteiger partial charge in [-0.05, 0) is 63.9 Å².